The molecule has 174 valence electrons. The van der Waals surface area contributed by atoms with Crippen molar-refractivity contribution in [3.63, 3.8) is 0 Å². The normalized spacial score (nSPS) is 15.0. The molecule has 1 atom stereocenters. The molecule has 3 aromatic carbocycles. The molecule has 3 amide bonds. The van der Waals surface area contributed by atoms with E-state index in [1.807, 2.05) is 6.07 Å². The lowest BCUT2D eigenvalue weighted by molar-refractivity contribution is -0.118. The molecule has 0 saturated carbocycles. The van der Waals surface area contributed by atoms with E-state index in [1.165, 1.54) is 18.2 Å². The molecule has 9 heteroatoms. The van der Waals surface area contributed by atoms with Crippen molar-refractivity contribution in [2.24, 2.45) is 0 Å². The van der Waals surface area contributed by atoms with E-state index in [0.717, 1.165) is 4.31 Å². The van der Waals surface area contributed by atoms with E-state index in [-0.39, 0.29) is 16.0 Å². The van der Waals surface area contributed by atoms with Gasteiger partial charge >= 0.3 is 0 Å². The van der Waals surface area contributed by atoms with Crippen LogP contribution < -0.4 is 10.6 Å². The molecule has 0 aromatic heterocycles. The fourth-order valence-corrected chi connectivity index (χ4v) is 5.59. The van der Waals surface area contributed by atoms with Crippen LogP contribution in [0.1, 0.15) is 46.2 Å². The number of hydrogen-bond acceptors (Lipinski definition) is 5. The maximum atomic E-state index is 13.1. The number of hydrogen-bond donors (Lipinski definition) is 2. The number of rotatable bonds is 6. The van der Waals surface area contributed by atoms with Crippen molar-refractivity contribution in [2.75, 3.05) is 5.32 Å². The summed E-state index contributed by atoms with van der Waals surface area (Å²) in [5.41, 5.74) is 1.17. The van der Waals surface area contributed by atoms with Gasteiger partial charge in [0.25, 0.3) is 27.7 Å². The zero-order valence-electron chi connectivity index (χ0n) is 18.6. The molecule has 1 aliphatic rings. The van der Waals surface area contributed by atoms with Gasteiger partial charge in [0.1, 0.15) is 10.9 Å². The van der Waals surface area contributed by atoms with Gasteiger partial charge in [0.2, 0.25) is 0 Å². The summed E-state index contributed by atoms with van der Waals surface area (Å²) in [6.45, 7) is 3.20. The topological polar surface area (TPSA) is 113 Å². The van der Waals surface area contributed by atoms with Crippen molar-refractivity contribution >= 4 is 33.4 Å². The summed E-state index contributed by atoms with van der Waals surface area (Å²) in [5.74, 6) is -1.73. The van der Waals surface area contributed by atoms with Gasteiger partial charge in [0.05, 0.1) is 5.56 Å². The Hall–Kier alpha value is -3.98. The Morgan fingerprint density at radius 3 is 2.12 bits per heavy atom. The molecule has 4 rings (SSSR count). The molecule has 2 N–H and O–H groups in total. The van der Waals surface area contributed by atoms with Crippen LogP contribution in [0.4, 0.5) is 5.69 Å². The van der Waals surface area contributed by atoms with Crippen molar-refractivity contribution < 1.29 is 22.8 Å². The molecule has 0 radical (unpaired) electrons. The highest BCUT2D eigenvalue weighted by Crippen LogP contribution is 2.32. The first kappa shape index (κ1) is 23.2. The van der Waals surface area contributed by atoms with Crippen LogP contribution in [0.2, 0.25) is 0 Å². The monoisotopic (exact) mass is 477 g/mol. The van der Waals surface area contributed by atoms with Crippen molar-refractivity contribution in [2.45, 2.75) is 30.8 Å². The van der Waals surface area contributed by atoms with E-state index >= 15 is 0 Å². The lowest BCUT2D eigenvalue weighted by Crippen LogP contribution is -2.37. The first-order valence-corrected chi connectivity index (χ1v) is 12.1. The number of para-hydroxylation sites is 1. The summed E-state index contributed by atoms with van der Waals surface area (Å²) < 4.78 is 26.6. The zero-order valence-corrected chi connectivity index (χ0v) is 19.4. The van der Waals surface area contributed by atoms with E-state index < -0.39 is 39.8 Å². The van der Waals surface area contributed by atoms with Gasteiger partial charge in [0.15, 0.2) is 0 Å². The standard InChI is InChI=1S/C25H23N3O5S/c1-16(2)28-25(31)20-14-13-18(15-21(20)34(28,32)33)23(29)27-22(17-9-5-3-6-10-17)24(30)26-19-11-7-4-8-12-19/h3-16,22H,1-2H3,(H,26,30)(H,27,29). The molecule has 34 heavy (non-hydrogen) atoms. The van der Waals surface area contributed by atoms with Gasteiger partial charge in [-0.25, -0.2) is 12.7 Å². The summed E-state index contributed by atoms with van der Waals surface area (Å²) in [5, 5.41) is 5.46. The average molecular weight is 478 g/mol. The minimum atomic E-state index is -4.06. The largest absolute Gasteiger partial charge is 0.336 e. The minimum absolute atomic E-state index is 0.0201. The smallest absolute Gasteiger partial charge is 0.269 e. The number of sulfonamides is 1. The number of amides is 3. The van der Waals surface area contributed by atoms with Crippen molar-refractivity contribution in [1.82, 2.24) is 9.62 Å². The van der Waals surface area contributed by atoms with E-state index in [4.69, 9.17) is 0 Å². The van der Waals surface area contributed by atoms with Gasteiger partial charge in [-0.3, -0.25) is 14.4 Å². The van der Waals surface area contributed by atoms with Crippen LogP contribution in [0.25, 0.3) is 0 Å². The number of nitrogens with zero attached hydrogens (tertiary/aromatic N) is 1. The third-order valence-electron chi connectivity index (χ3n) is 5.39. The Kier molecular flexibility index (Phi) is 6.21. The lowest BCUT2D eigenvalue weighted by Gasteiger charge is -2.19. The average Bonchev–Trinajstić information content (AvgIpc) is 3.03. The van der Waals surface area contributed by atoms with Crippen LogP contribution in [-0.4, -0.2) is 36.5 Å². The molecule has 1 unspecified atom stereocenters. The lowest BCUT2D eigenvalue weighted by atomic mass is 10.0. The van der Waals surface area contributed by atoms with Gasteiger partial charge in [0, 0.05) is 17.3 Å². The highest BCUT2D eigenvalue weighted by molar-refractivity contribution is 7.90. The second-order valence-electron chi connectivity index (χ2n) is 8.08. The second-order valence-corrected chi connectivity index (χ2v) is 9.87. The summed E-state index contributed by atoms with van der Waals surface area (Å²) in [6.07, 6.45) is 0. The molecule has 0 spiro atoms. The van der Waals surface area contributed by atoms with Gasteiger partial charge in [-0.2, -0.15) is 0 Å². The quantitative estimate of drug-likeness (QED) is 0.565. The maximum Gasteiger partial charge on any atom is 0.269 e. The van der Waals surface area contributed by atoms with Gasteiger partial charge in [-0.1, -0.05) is 48.5 Å². The Balaban J connectivity index is 1.64. The summed E-state index contributed by atoms with van der Waals surface area (Å²) in [7, 11) is -4.06. The van der Waals surface area contributed by atoms with Crippen molar-refractivity contribution in [3.8, 4) is 0 Å². The van der Waals surface area contributed by atoms with Gasteiger partial charge < -0.3 is 10.6 Å². The molecule has 1 heterocycles. The number of carbonyl (C=O) groups is 3. The Morgan fingerprint density at radius 1 is 0.882 bits per heavy atom. The van der Waals surface area contributed by atoms with E-state index in [9.17, 15) is 22.8 Å². The number of carbonyl (C=O) groups excluding carboxylic acids is 3. The van der Waals surface area contributed by atoms with Crippen LogP contribution in [0.15, 0.2) is 83.8 Å². The molecule has 1 aliphatic heterocycles. The highest BCUT2D eigenvalue weighted by atomic mass is 32.2. The Labute approximate surface area is 197 Å². The minimum Gasteiger partial charge on any atom is -0.336 e. The van der Waals surface area contributed by atoms with E-state index in [1.54, 1.807) is 68.4 Å². The first-order chi connectivity index (χ1) is 16.2. The van der Waals surface area contributed by atoms with Crippen LogP contribution in [-0.2, 0) is 14.8 Å². The van der Waals surface area contributed by atoms with E-state index in [0.29, 0.717) is 11.3 Å². The van der Waals surface area contributed by atoms with Crippen LogP contribution in [0.5, 0.6) is 0 Å². The molecule has 0 fully saturated rings. The predicted octanol–water partition coefficient (Wildman–Crippen LogP) is 3.35. The van der Waals surface area contributed by atoms with Crippen LogP contribution in [0.3, 0.4) is 0 Å². The highest BCUT2D eigenvalue weighted by Gasteiger charge is 2.43. The fraction of sp³-hybridized carbons (Fsp3) is 0.160. The number of nitrogens with one attached hydrogen (secondary N) is 2. The number of anilines is 1. The van der Waals surface area contributed by atoms with Crippen molar-refractivity contribution in [1.29, 1.82) is 0 Å². The summed E-state index contributed by atoms with van der Waals surface area (Å²) >= 11 is 0. The fourth-order valence-electron chi connectivity index (χ4n) is 3.80. The molecule has 0 saturated heterocycles. The SMILES string of the molecule is CC(C)N1C(=O)c2ccc(C(=O)NC(C(=O)Nc3ccccc3)c3ccccc3)cc2S1(=O)=O. The van der Waals surface area contributed by atoms with Crippen LogP contribution >= 0.6 is 0 Å². The van der Waals surface area contributed by atoms with Gasteiger partial charge in [-0.05, 0) is 49.7 Å². The molecular weight excluding hydrogens is 454 g/mol. The first-order valence-electron chi connectivity index (χ1n) is 10.6. The molecular formula is C25H23N3O5S. The maximum absolute atomic E-state index is 13.1. The zero-order chi connectivity index (χ0) is 24.5. The third-order valence-corrected chi connectivity index (χ3v) is 7.39. The molecule has 8 nitrogen and oxygen atoms in total. The Bertz CT molecular complexity index is 1360. The van der Waals surface area contributed by atoms with Crippen molar-refractivity contribution in [3.05, 3.63) is 95.6 Å². The predicted molar refractivity (Wildman–Crippen MR) is 127 cm³/mol. The number of benzene rings is 3. The summed E-state index contributed by atoms with van der Waals surface area (Å²) in [6, 6.07) is 19.8. The van der Waals surface area contributed by atoms with Gasteiger partial charge in [-0.15, -0.1) is 0 Å². The third kappa shape index (κ3) is 4.29. The second kappa shape index (κ2) is 9.11. The number of fused-ring (bicyclic) bond motifs is 1. The Morgan fingerprint density at radius 2 is 1.50 bits per heavy atom. The summed E-state index contributed by atoms with van der Waals surface area (Å²) in [4.78, 5) is 38.5. The van der Waals surface area contributed by atoms with E-state index in [2.05, 4.69) is 10.6 Å². The van der Waals surface area contributed by atoms with Crippen LogP contribution in [0, 0.1) is 0 Å². The molecule has 0 aliphatic carbocycles. The molecule has 3 aromatic rings. The molecule has 0 bridgehead atoms.